The van der Waals surface area contributed by atoms with Crippen LogP contribution in [0.15, 0.2) is 35.2 Å². The summed E-state index contributed by atoms with van der Waals surface area (Å²) in [5.41, 5.74) is 7.23. The van der Waals surface area contributed by atoms with Crippen molar-refractivity contribution in [2.45, 2.75) is 0 Å². The Labute approximate surface area is 107 Å². The smallest absolute Gasteiger partial charge is 0.149 e. The number of anilines is 3. The summed E-state index contributed by atoms with van der Waals surface area (Å²) in [4.78, 5) is 8.21. The van der Waals surface area contributed by atoms with Crippen LogP contribution in [0.25, 0.3) is 0 Å². The second-order valence-corrected chi connectivity index (χ2v) is 4.12. The van der Waals surface area contributed by atoms with E-state index in [1.165, 1.54) is 0 Å². The molecular weight excluding hydrogens is 284 g/mol. The van der Waals surface area contributed by atoms with Crippen LogP contribution in [0.5, 0.6) is 5.75 Å². The number of halogens is 1. The average Bonchev–Trinajstić information content (AvgIpc) is 2.34. The highest BCUT2D eigenvalue weighted by Crippen LogP contribution is 2.26. The SMILES string of the molecule is COc1ccc(Nc2cnc(Br)cn2)c(N)c1. The molecule has 0 aliphatic rings. The fraction of sp³-hybridized carbons (Fsp3) is 0.0909. The van der Waals surface area contributed by atoms with Crippen LogP contribution in [0.3, 0.4) is 0 Å². The molecule has 1 heterocycles. The monoisotopic (exact) mass is 294 g/mol. The Morgan fingerprint density at radius 2 is 2.12 bits per heavy atom. The van der Waals surface area contributed by atoms with Gasteiger partial charge in [0.15, 0.2) is 0 Å². The first-order valence-electron chi connectivity index (χ1n) is 4.87. The highest BCUT2D eigenvalue weighted by atomic mass is 79.9. The maximum Gasteiger partial charge on any atom is 0.149 e. The molecule has 0 aliphatic carbocycles. The number of hydrogen-bond donors (Lipinski definition) is 2. The number of nitrogens with zero attached hydrogens (tertiary/aromatic N) is 2. The molecule has 0 radical (unpaired) electrons. The third-order valence-electron chi connectivity index (χ3n) is 2.14. The van der Waals surface area contributed by atoms with Gasteiger partial charge >= 0.3 is 0 Å². The molecule has 0 unspecified atom stereocenters. The van der Waals surface area contributed by atoms with Crippen molar-refractivity contribution >= 4 is 33.1 Å². The van der Waals surface area contributed by atoms with Gasteiger partial charge in [0.05, 0.1) is 30.9 Å². The van der Waals surface area contributed by atoms with E-state index in [1.54, 1.807) is 25.6 Å². The average molecular weight is 295 g/mol. The molecule has 5 nitrogen and oxygen atoms in total. The quantitative estimate of drug-likeness (QED) is 0.851. The molecule has 2 aromatic rings. The highest BCUT2D eigenvalue weighted by Gasteiger charge is 2.02. The van der Waals surface area contributed by atoms with Gasteiger partial charge in [0.1, 0.15) is 16.2 Å². The van der Waals surface area contributed by atoms with E-state index in [-0.39, 0.29) is 0 Å². The topological polar surface area (TPSA) is 73.1 Å². The lowest BCUT2D eigenvalue weighted by molar-refractivity contribution is 0.415. The van der Waals surface area contributed by atoms with E-state index >= 15 is 0 Å². The Bertz CT molecular complexity index is 515. The number of benzene rings is 1. The molecular formula is C11H11BrN4O. The first-order valence-corrected chi connectivity index (χ1v) is 5.66. The molecule has 0 saturated carbocycles. The molecule has 17 heavy (non-hydrogen) atoms. The largest absolute Gasteiger partial charge is 0.497 e. The van der Waals surface area contributed by atoms with Crippen molar-refractivity contribution in [3.05, 3.63) is 35.2 Å². The second kappa shape index (κ2) is 5.01. The third-order valence-corrected chi connectivity index (χ3v) is 2.55. The van der Waals surface area contributed by atoms with E-state index < -0.39 is 0 Å². The van der Waals surface area contributed by atoms with Crippen LogP contribution in [0.1, 0.15) is 0 Å². The molecule has 3 N–H and O–H groups in total. The summed E-state index contributed by atoms with van der Waals surface area (Å²) < 4.78 is 5.76. The van der Waals surface area contributed by atoms with Crippen molar-refractivity contribution in [2.75, 3.05) is 18.2 Å². The van der Waals surface area contributed by atoms with E-state index in [0.717, 1.165) is 11.4 Å². The molecule has 0 fully saturated rings. The summed E-state index contributed by atoms with van der Waals surface area (Å²) in [6.45, 7) is 0. The number of ether oxygens (including phenoxy) is 1. The minimum Gasteiger partial charge on any atom is -0.497 e. The number of hydrogen-bond acceptors (Lipinski definition) is 5. The summed E-state index contributed by atoms with van der Waals surface area (Å²) in [6.07, 6.45) is 3.23. The van der Waals surface area contributed by atoms with Gasteiger partial charge in [0.2, 0.25) is 0 Å². The predicted octanol–water partition coefficient (Wildman–Crippen LogP) is 2.57. The molecule has 0 spiro atoms. The lowest BCUT2D eigenvalue weighted by Crippen LogP contribution is -1.99. The van der Waals surface area contributed by atoms with Crippen LogP contribution in [-0.2, 0) is 0 Å². The van der Waals surface area contributed by atoms with Crippen LogP contribution in [0.2, 0.25) is 0 Å². The molecule has 0 bridgehead atoms. The normalized spacial score (nSPS) is 10.0. The van der Waals surface area contributed by atoms with Gasteiger partial charge in [-0.25, -0.2) is 9.97 Å². The molecule has 2 rings (SSSR count). The van der Waals surface area contributed by atoms with E-state index in [9.17, 15) is 0 Å². The fourth-order valence-corrected chi connectivity index (χ4v) is 1.50. The summed E-state index contributed by atoms with van der Waals surface area (Å²) in [7, 11) is 1.60. The number of nitrogens with one attached hydrogen (secondary N) is 1. The zero-order valence-electron chi connectivity index (χ0n) is 9.14. The van der Waals surface area contributed by atoms with Gasteiger partial charge in [0, 0.05) is 6.07 Å². The van der Waals surface area contributed by atoms with Crippen molar-refractivity contribution in [2.24, 2.45) is 0 Å². The van der Waals surface area contributed by atoms with Crippen molar-refractivity contribution in [3.63, 3.8) is 0 Å². The van der Waals surface area contributed by atoms with E-state index in [2.05, 4.69) is 31.2 Å². The molecule has 0 amide bonds. The Morgan fingerprint density at radius 3 is 2.71 bits per heavy atom. The van der Waals surface area contributed by atoms with E-state index in [4.69, 9.17) is 10.5 Å². The Balaban J connectivity index is 2.21. The van der Waals surface area contributed by atoms with Crippen molar-refractivity contribution in [1.29, 1.82) is 0 Å². The molecule has 1 aromatic carbocycles. The minimum absolute atomic E-state index is 0.592. The van der Waals surface area contributed by atoms with Crippen LogP contribution < -0.4 is 15.8 Å². The summed E-state index contributed by atoms with van der Waals surface area (Å²) in [5, 5.41) is 3.08. The lowest BCUT2D eigenvalue weighted by atomic mass is 10.2. The van der Waals surface area contributed by atoms with Crippen LogP contribution in [0.4, 0.5) is 17.2 Å². The van der Waals surface area contributed by atoms with Crippen LogP contribution in [0, 0.1) is 0 Å². The van der Waals surface area contributed by atoms with Gasteiger partial charge in [-0.1, -0.05) is 0 Å². The summed E-state index contributed by atoms with van der Waals surface area (Å²) >= 11 is 3.22. The first-order chi connectivity index (χ1) is 8.19. The van der Waals surface area contributed by atoms with Gasteiger partial charge in [-0.05, 0) is 28.1 Å². The van der Waals surface area contributed by atoms with Gasteiger partial charge in [-0.2, -0.15) is 0 Å². The first kappa shape index (κ1) is 11.7. The second-order valence-electron chi connectivity index (χ2n) is 3.30. The van der Waals surface area contributed by atoms with Gasteiger partial charge in [-0.3, -0.25) is 0 Å². The highest BCUT2D eigenvalue weighted by molar-refractivity contribution is 9.10. The standard InChI is InChI=1S/C11H11BrN4O/c1-17-7-2-3-9(8(13)4-7)16-11-6-14-10(12)5-15-11/h2-6H,13H2,1H3,(H,15,16). The van der Waals surface area contributed by atoms with Crippen LogP contribution in [-0.4, -0.2) is 17.1 Å². The van der Waals surface area contributed by atoms with Crippen LogP contribution >= 0.6 is 15.9 Å². The zero-order valence-corrected chi connectivity index (χ0v) is 10.7. The third kappa shape index (κ3) is 2.85. The molecule has 0 aliphatic heterocycles. The van der Waals surface area contributed by atoms with Crippen molar-refractivity contribution in [1.82, 2.24) is 9.97 Å². The van der Waals surface area contributed by atoms with Crippen molar-refractivity contribution in [3.8, 4) is 5.75 Å². The Morgan fingerprint density at radius 1 is 1.29 bits per heavy atom. The molecule has 0 saturated heterocycles. The molecule has 6 heteroatoms. The lowest BCUT2D eigenvalue weighted by Gasteiger charge is -2.09. The van der Waals surface area contributed by atoms with E-state index in [0.29, 0.717) is 16.1 Å². The number of nitrogens with two attached hydrogens (primary N) is 1. The predicted molar refractivity (Wildman–Crippen MR) is 70.4 cm³/mol. The molecule has 0 atom stereocenters. The van der Waals surface area contributed by atoms with Gasteiger partial charge in [0.25, 0.3) is 0 Å². The summed E-state index contributed by atoms with van der Waals surface area (Å²) in [6, 6.07) is 5.40. The maximum atomic E-state index is 5.87. The molecule has 1 aromatic heterocycles. The number of aromatic nitrogens is 2. The number of nitrogen functional groups attached to an aromatic ring is 1. The Kier molecular flexibility index (Phi) is 3.43. The summed E-state index contributed by atoms with van der Waals surface area (Å²) in [5.74, 6) is 1.35. The number of rotatable bonds is 3. The van der Waals surface area contributed by atoms with Crippen molar-refractivity contribution < 1.29 is 4.74 Å². The van der Waals surface area contributed by atoms with Gasteiger partial charge < -0.3 is 15.8 Å². The van der Waals surface area contributed by atoms with Gasteiger partial charge in [-0.15, -0.1) is 0 Å². The Hall–Kier alpha value is -1.82. The molecule has 88 valence electrons. The number of methoxy groups -OCH3 is 1. The van der Waals surface area contributed by atoms with E-state index in [1.807, 2.05) is 12.1 Å². The zero-order chi connectivity index (χ0) is 12.3. The minimum atomic E-state index is 0.592. The maximum absolute atomic E-state index is 5.87. The fourth-order valence-electron chi connectivity index (χ4n) is 1.30.